The molecule has 0 aliphatic heterocycles. The Balaban J connectivity index is 2.61. The van der Waals surface area contributed by atoms with Crippen molar-refractivity contribution in [3.05, 3.63) is 27.7 Å². The van der Waals surface area contributed by atoms with E-state index in [1.54, 1.807) is 12.1 Å². The Hall–Kier alpha value is -1.83. The third kappa shape index (κ3) is 6.43. The summed E-state index contributed by atoms with van der Waals surface area (Å²) in [4.78, 5) is 22.8. The third-order valence-electron chi connectivity index (χ3n) is 2.49. The maximum atomic E-state index is 11.5. The normalized spacial score (nSPS) is 10.6. The van der Waals surface area contributed by atoms with Crippen molar-refractivity contribution in [1.82, 2.24) is 10.7 Å². The van der Waals surface area contributed by atoms with Crippen LogP contribution in [0.1, 0.15) is 12.5 Å². The largest absolute Gasteiger partial charge is 0.491 e. The number of hydrazone groups is 1. The Morgan fingerprint density at radius 3 is 2.48 bits per heavy atom. The van der Waals surface area contributed by atoms with Gasteiger partial charge in [0.15, 0.2) is 5.75 Å². The van der Waals surface area contributed by atoms with E-state index >= 15 is 0 Å². The quantitative estimate of drug-likeness (QED) is 0.334. The molecule has 9 heteroatoms. The molecule has 0 heterocycles. The van der Waals surface area contributed by atoms with Crippen molar-refractivity contribution >= 4 is 41.2 Å². The van der Waals surface area contributed by atoms with Crippen molar-refractivity contribution in [2.45, 2.75) is 6.92 Å². The number of amides is 2. The number of carbonyl (C=O) groups is 2. The number of methoxy groups -OCH3 is 1. The van der Waals surface area contributed by atoms with Gasteiger partial charge in [-0.25, -0.2) is 5.43 Å². The van der Waals surface area contributed by atoms with Crippen molar-refractivity contribution in [3.8, 4) is 5.75 Å². The van der Waals surface area contributed by atoms with Crippen LogP contribution in [0.3, 0.4) is 0 Å². The number of halogens is 2. The lowest BCUT2D eigenvalue weighted by molar-refractivity contribution is -0.139. The van der Waals surface area contributed by atoms with Gasteiger partial charge in [-0.1, -0.05) is 23.2 Å². The summed E-state index contributed by atoms with van der Waals surface area (Å²) < 4.78 is 10.1. The highest BCUT2D eigenvalue weighted by Crippen LogP contribution is 2.33. The minimum atomic E-state index is -0.888. The van der Waals surface area contributed by atoms with Gasteiger partial charge in [-0.2, -0.15) is 5.10 Å². The Morgan fingerprint density at radius 2 is 1.91 bits per heavy atom. The van der Waals surface area contributed by atoms with Crippen LogP contribution in [0.25, 0.3) is 0 Å². The lowest BCUT2D eigenvalue weighted by Gasteiger charge is -2.08. The Morgan fingerprint density at radius 1 is 1.26 bits per heavy atom. The number of ether oxygens (including phenoxy) is 2. The zero-order valence-electron chi connectivity index (χ0n) is 12.7. The van der Waals surface area contributed by atoms with Crippen LogP contribution in [0.4, 0.5) is 0 Å². The molecule has 0 aliphatic rings. The predicted molar refractivity (Wildman–Crippen MR) is 88.3 cm³/mol. The van der Waals surface area contributed by atoms with Gasteiger partial charge in [0.1, 0.15) is 0 Å². The van der Waals surface area contributed by atoms with Crippen LogP contribution in [-0.2, 0) is 14.3 Å². The molecule has 0 aliphatic carbocycles. The first-order valence-corrected chi connectivity index (χ1v) is 7.47. The van der Waals surface area contributed by atoms with Gasteiger partial charge in [-0.3, -0.25) is 9.59 Å². The topological polar surface area (TPSA) is 89.0 Å². The molecule has 126 valence electrons. The van der Waals surface area contributed by atoms with Crippen LogP contribution in [0, 0.1) is 0 Å². The second kappa shape index (κ2) is 10.0. The van der Waals surface area contributed by atoms with Crippen LogP contribution >= 0.6 is 23.2 Å². The molecule has 0 atom stereocenters. The Labute approximate surface area is 143 Å². The maximum absolute atomic E-state index is 11.5. The van der Waals surface area contributed by atoms with Crippen molar-refractivity contribution in [2.75, 3.05) is 26.9 Å². The number of nitrogens with one attached hydrogen (secondary N) is 2. The lowest BCUT2D eigenvalue weighted by Crippen LogP contribution is -2.39. The van der Waals surface area contributed by atoms with Crippen molar-refractivity contribution in [3.63, 3.8) is 0 Å². The van der Waals surface area contributed by atoms with E-state index in [-0.39, 0.29) is 6.54 Å². The van der Waals surface area contributed by atoms with Gasteiger partial charge < -0.3 is 14.8 Å². The van der Waals surface area contributed by atoms with E-state index in [0.717, 1.165) is 0 Å². The number of carbonyl (C=O) groups excluding carboxylic acids is 2. The van der Waals surface area contributed by atoms with Gasteiger partial charge in [0, 0.05) is 13.7 Å². The van der Waals surface area contributed by atoms with Crippen LogP contribution in [0.2, 0.25) is 10.0 Å². The van der Waals surface area contributed by atoms with E-state index in [9.17, 15) is 9.59 Å². The van der Waals surface area contributed by atoms with E-state index in [1.165, 1.54) is 13.3 Å². The summed E-state index contributed by atoms with van der Waals surface area (Å²) in [7, 11) is 1.49. The molecule has 0 fully saturated rings. The number of hydrogen-bond donors (Lipinski definition) is 2. The first-order valence-electron chi connectivity index (χ1n) is 6.71. The number of nitrogens with zero attached hydrogens (tertiary/aromatic N) is 1. The molecule has 1 rings (SSSR count). The van der Waals surface area contributed by atoms with Crippen LogP contribution in [0.5, 0.6) is 5.75 Å². The van der Waals surface area contributed by atoms with Gasteiger partial charge in [0.25, 0.3) is 0 Å². The standard InChI is InChI=1S/C14H17Cl2N3O4/c1-3-23-12-10(15)6-9(7-11(12)16)8-18-19-14(21)13(20)17-4-5-22-2/h6-8H,3-5H2,1-2H3,(H,17,20)(H,19,21)/b18-8-. The second-order valence-corrected chi connectivity index (χ2v) is 5.01. The van der Waals surface area contributed by atoms with Crippen LogP contribution < -0.4 is 15.5 Å². The van der Waals surface area contributed by atoms with Gasteiger partial charge in [0.05, 0.1) is 29.5 Å². The van der Waals surface area contributed by atoms with Crippen molar-refractivity contribution < 1.29 is 19.1 Å². The summed E-state index contributed by atoms with van der Waals surface area (Å²) in [5.74, 6) is -1.31. The zero-order chi connectivity index (χ0) is 17.2. The van der Waals surface area contributed by atoms with E-state index in [1.807, 2.05) is 6.92 Å². The molecule has 0 bridgehead atoms. The van der Waals surface area contributed by atoms with Crippen LogP contribution in [-0.4, -0.2) is 44.9 Å². The first-order chi connectivity index (χ1) is 11.0. The summed E-state index contributed by atoms with van der Waals surface area (Å²) in [5, 5.41) is 6.68. The average molecular weight is 362 g/mol. The maximum Gasteiger partial charge on any atom is 0.329 e. The zero-order valence-corrected chi connectivity index (χ0v) is 14.2. The van der Waals surface area contributed by atoms with Crippen molar-refractivity contribution in [1.29, 1.82) is 0 Å². The highest BCUT2D eigenvalue weighted by Gasteiger charge is 2.12. The van der Waals surface area contributed by atoms with Gasteiger partial charge in [0.2, 0.25) is 0 Å². The summed E-state index contributed by atoms with van der Waals surface area (Å²) in [6.45, 7) is 2.79. The fourth-order valence-corrected chi connectivity index (χ4v) is 2.11. The summed E-state index contributed by atoms with van der Waals surface area (Å²) in [6.07, 6.45) is 1.31. The van der Waals surface area contributed by atoms with Gasteiger partial charge >= 0.3 is 11.8 Å². The monoisotopic (exact) mass is 361 g/mol. The Bertz CT molecular complexity index is 570. The molecule has 2 N–H and O–H groups in total. The fourth-order valence-electron chi connectivity index (χ4n) is 1.50. The fraction of sp³-hybridized carbons (Fsp3) is 0.357. The van der Waals surface area contributed by atoms with E-state index < -0.39 is 11.8 Å². The minimum Gasteiger partial charge on any atom is -0.491 e. The average Bonchev–Trinajstić information content (AvgIpc) is 2.51. The number of hydrogen-bond acceptors (Lipinski definition) is 5. The molecule has 0 aromatic heterocycles. The van der Waals surface area contributed by atoms with Crippen molar-refractivity contribution in [2.24, 2.45) is 5.10 Å². The number of rotatable bonds is 7. The van der Waals surface area contributed by atoms with E-state index in [2.05, 4.69) is 15.8 Å². The number of benzene rings is 1. The van der Waals surface area contributed by atoms with E-state index in [0.29, 0.717) is 34.6 Å². The highest BCUT2D eigenvalue weighted by atomic mass is 35.5. The second-order valence-electron chi connectivity index (χ2n) is 4.19. The van der Waals surface area contributed by atoms with Crippen LogP contribution in [0.15, 0.2) is 17.2 Å². The lowest BCUT2D eigenvalue weighted by atomic mass is 10.2. The third-order valence-corrected chi connectivity index (χ3v) is 3.05. The molecule has 7 nitrogen and oxygen atoms in total. The molecular formula is C14H17Cl2N3O4. The smallest absolute Gasteiger partial charge is 0.329 e. The molecule has 0 spiro atoms. The molecule has 1 aromatic rings. The molecule has 23 heavy (non-hydrogen) atoms. The minimum absolute atomic E-state index is 0.233. The summed E-state index contributed by atoms with van der Waals surface area (Å²) in [5.41, 5.74) is 2.64. The molecule has 2 amide bonds. The van der Waals surface area contributed by atoms with Gasteiger partial charge in [-0.05, 0) is 24.6 Å². The molecule has 0 saturated heterocycles. The first kappa shape index (κ1) is 19.2. The van der Waals surface area contributed by atoms with E-state index in [4.69, 9.17) is 32.7 Å². The molecular weight excluding hydrogens is 345 g/mol. The summed E-state index contributed by atoms with van der Waals surface area (Å²) >= 11 is 12.1. The van der Waals surface area contributed by atoms with Gasteiger partial charge in [-0.15, -0.1) is 0 Å². The predicted octanol–water partition coefficient (Wildman–Crippen LogP) is 1.60. The Kier molecular flexibility index (Phi) is 8.39. The SMILES string of the molecule is CCOc1c(Cl)cc(/C=N\NC(=O)C(=O)NCCOC)cc1Cl. The molecule has 0 saturated carbocycles. The molecule has 0 radical (unpaired) electrons. The molecule has 0 unspecified atom stereocenters. The highest BCUT2D eigenvalue weighted by molar-refractivity contribution is 6.37. The molecule has 1 aromatic carbocycles. The summed E-state index contributed by atoms with van der Waals surface area (Å²) in [6, 6.07) is 3.15.